The summed E-state index contributed by atoms with van der Waals surface area (Å²) >= 11 is 5.91. The third kappa shape index (κ3) is 4.63. The van der Waals surface area contributed by atoms with E-state index in [9.17, 15) is 4.79 Å². The second-order valence-corrected chi connectivity index (χ2v) is 4.90. The molecule has 0 heterocycles. The van der Waals surface area contributed by atoms with Crippen LogP contribution in [-0.2, 0) is 4.74 Å². The maximum Gasteiger partial charge on any atom is 0.341 e. The minimum absolute atomic E-state index is 0.227. The molecule has 0 atom stereocenters. The van der Waals surface area contributed by atoms with E-state index in [2.05, 4.69) is 0 Å². The zero-order chi connectivity index (χ0) is 16.7. The van der Waals surface area contributed by atoms with Gasteiger partial charge in [-0.05, 0) is 42.5 Å². The first-order chi connectivity index (χ1) is 11.1. The van der Waals surface area contributed by atoms with E-state index in [1.54, 1.807) is 42.5 Å². The molecular weight excluding hydrogens is 318 g/mol. The van der Waals surface area contributed by atoms with Gasteiger partial charge in [0.05, 0.1) is 18.7 Å². The van der Waals surface area contributed by atoms with Crippen molar-refractivity contribution in [3.63, 3.8) is 0 Å². The van der Waals surface area contributed by atoms with E-state index in [4.69, 9.17) is 31.1 Å². The second kappa shape index (κ2) is 8.06. The normalized spacial score (nSPS) is 9.78. The van der Waals surface area contributed by atoms with Gasteiger partial charge in [0.15, 0.2) is 0 Å². The lowest BCUT2D eigenvalue weighted by Gasteiger charge is -2.11. The first kappa shape index (κ1) is 16.7. The van der Waals surface area contributed by atoms with Gasteiger partial charge in [-0.1, -0.05) is 11.6 Å². The fourth-order valence-electron chi connectivity index (χ4n) is 1.83. The Hall–Kier alpha value is -2.71. The third-order valence-electron chi connectivity index (χ3n) is 2.94. The van der Waals surface area contributed by atoms with Gasteiger partial charge in [0, 0.05) is 5.02 Å². The highest BCUT2D eigenvalue weighted by atomic mass is 35.5. The Bertz CT molecular complexity index is 722. The summed E-state index contributed by atoms with van der Waals surface area (Å²) in [6, 6.07) is 13.5. The van der Waals surface area contributed by atoms with Gasteiger partial charge in [-0.15, -0.1) is 0 Å². The van der Waals surface area contributed by atoms with Crippen LogP contribution in [0.2, 0.25) is 5.02 Å². The van der Waals surface area contributed by atoms with E-state index < -0.39 is 5.97 Å². The molecular formula is C17H14ClNO4. The predicted molar refractivity (Wildman–Crippen MR) is 84.9 cm³/mol. The van der Waals surface area contributed by atoms with Crippen LogP contribution >= 0.6 is 11.6 Å². The van der Waals surface area contributed by atoms with Crippen LogP contribution in [0.25, 0.3) is 0 Å². The van der Waals surface area contributed by atoms with Crippen LogP contribution < -0.4 is 9.47 Å². The molecule has 0 aliphatic carbocycles. The van der Waals surface area contributed by atoms with Gasteiger partial charge in [0.1, 0.15) is 30.3 Å². The molecule has 118 valence electrons. The van der Waals surface area contributed by atoms with E-state index in [0.29, 0.717) is 27.6 Å². The zero-order valence-corrected chi connectivity index (χ0v) is 13.2. The molecule has 0 spiro atoms. The van der Waals surface area contributed by atoms with Crippen molar-refractivity contribution in [3.05, 3.63) is 58.6 Å². The number of benzene rings is 2. The highest BCUT2D eigenvalue weighted by molar-refractivity contribution is 6.30. The lowest BCUT2D eigenvalue weighted by atomic mass is 10.2. The number of methoxy groups -OCH3 is 1. The maximum absolute atomic E-state index is 11.7. The zero-order valence-electron chi connectivity index (χ0n) is 12.4. The van der Waals surface area contributed by atoms with E-state index in [1.165, 1.54) is 7.11 Å². The number of esters is 1. The van der Waals surface area contributed by atoms with Crippen molar-refractivity contribution < 1.29 is 19.0 Å². The molecule has 0 N–H and O–H groups in total. The molecule has 0 aliphatic rings. The highest BCUT2D eigenvalue weighted by Gasteiger charge is 2.13. The number of carbonyl (C=O) groups excluding carboxylic acids is 1. The molecule has 2 rings (SSSR count). The topological polar surface area (TPSA) is 68.6 Å². The van der Waals surface area contributed by atoms with E-state index in [1.807, 2.05) is 6.07 Å². The molecule has 0 aliphatic heterocycles. The third-order valence-corrected chi connectivity index (χ3v) is 3.18. The van der Waals surface area contributed by atoms with Crippen molar-refractivity contribution in [2.45, 2.75) is 0 Å². The quantitative estimate of drug-likeness (QED) is 0.599. The van der Waals surface area contributed by atoms with Gasteiger partial charge < -0.3 is 14.2 Å². The first-order valence-electron chi connectivity index (χ1n) is 6.77. The van der Waals surface area contributed by atoms with Crippen LogP contribution in [0.1, 0.15) is 15.9 Å². The molecule has 2 aromatic carbocycles. The summed E-state index contributed by atoms with van der Waals surface area (Å²) in [5.74, 6) is 0.476. The molecule has 2 aromatic rings. The SMILES string of the molecule is COC(=O)c1ccc(Cl)cc1OCCOc1ccc(C#N)cc1. The monoisotopic (exact) mass is 331 g/mol. The van der Waals surface area contributed by atoms with Crippen molar-refractivity contribution in [1.29, 1.82) is 5.26 Å². The van der Waals surface area contributed by atoms with Crippen molar-refractivity contribution in [2.75, 3.05) is 20.3 Å². The molecule has 23 heavy (non-hydrogen) atoms. The summed E-state index contributed by atoms with van der Waals surface area (Å²) < 4.78 is 15.7. The number of nitriles is 1. The molecule has 5 nitrogen and oxygen atoms in total. The lowest BCUT2D eigenvalue weighted by Crippen LogP contribution is -2.12. The van der Waals surface area contributed by atoms with Gasteiger partial charge in [0.2, 0.25) is 0 Å². The Labute approximate surface area is 139 Å². The van der Waals surface area contributed by atoms with Gasteiger partial charge in [-0.2, -0.15) is 5.26 Å². The van der Waals surface area contributed by atoms with E-state index >= 15 is 0 Å². The Morgan fingerprint density at radius 2 is 1.83 bits per heavy atom. The van der Waals surface area contributed by atoms with Crippen molar-refractivity contribution in [2.24, 2.45) is 0 Å². The van der Waals surface area contributed by atoms with Crippen LogP contribution in [0.3, 0.4) is 0 Å². The summed E-state index contributed by atoms with van der Waals surface area (Å²) in [7, 11) is 1.30. The number of nitrogens with zero attached hydrogens (tertiary/aromatic N) is 1. The van der Waals surface area contributed by atoms with Crippen molar-refractivity contribution in [3.8, 4) is 17.6 Å². The molecule has 0 saturated carbocycles. The molecule has 0 amide bonds. The van der Waals surface area contributed by atoms with Gasteiger partial charge >= 0.3 is 5.97 Å². The summed E-state index contributed by atoms with van der Waals surface area (Å²) in [6.45, 7) is 0.503. The van der Waals surface area contributed by atoms with Gasteiger partial charge in [0.25, 0.3) is 0 Å². The number of hydrogen-bond donors (Lipinski definition) is 0. The predicted octanol–water partition coefficient (Wildman–Crippen LogP) is 3.46. The number of halogens is 1. The Morgan fingerprint density at radius 1 is 1.13 bits per heavy atom. The Balaban J connectivity index is 1.92. The number of rotatable bonds is 6. The van der Waals surface area contributed by atoms with Crippen molar-refractivity contribution >= 4 is 17.6 Å². The molecule has 0 fully saturated rings. The Morgan fingerprint density at radius 3 is 2.48 bits per heavy atom. The average Bonchev–Trinajstić information content (AvgIpc) is 2.58. The number of carbonyl (C=O) groups is 1. The molecule has 0 radical (unpaired) electrons. The summed E-state index contributed by atoms with van der Waals surface area (Å²) in [6.07, 6.45) is 0. The summed E-state index contributed by atoms with van der Waals surface area (Å²) in [5.41, 5.74) is 0.866. The first-order valence-corrected chi connectivity index (χ1v) is 7.15. The fraction of sp³-hybridized carbons (Fsp3) is 0.176. The fourth-order valence-corrected chi connectivity index (χ4v) is 1.99. The van der Waals surface area contributed by atoms with Crippen LogP contribution in [0.4, 0.5) is 0 Å². The second-order valence-electron chi connectivity index (χ2n) is 4.47. The highest BCUT2D eigenvalue weighted by Crippen LogP contribution is 2.24. The van der Waals surface area contributed by atoms with Crippen LogP contribution in [0.15, 0.2) is 42.5 Å². The number of ether oxygens (including phenoxy) is 3. The van der Waals surface area contributed by atoms with Gasteiger partial charge in [-0.25, -0.2) is 4.79 Å². The smallest absolute Gasteiger partial charge is 0.341 e. The Kier molecular flexibility index (Phi) is 5.84. The van der Waals surface area contributed by atoms with Crippen LogP contribution in [0, 0.1) is 11.3 Å². The van der Waals surface area contributed by atoms with Gasteiger partial charge in [-0.3, -0.25) is 0 Å². The molecule has 0 unspecified atom stereocenters. The van der Waals surface area contributed by atoms with Crippen LogP contribution in [0.5, 0.6) is 11.5 Å². The summed E-state index contributed by atoms with van der Waals surface area (Å²) in [5, 5.41) is 9.18. The van der Waals surface area contributed by atoms with Crippen molar-refractivity contribution in [1.82, 2.24) is 0 Å². The molecule has 6 heteroatoms. The standard InChI is InChI=1S/C17H14ClNO4/c1-21-17(20)15-7-4-13(18)10-16(15)23-9-8-22-14-5-2-12(11-19)3-6-14/h2-7,10H,8-9H2,1H3. The molecule has 0 bridgehead atoms. The van der Waals surface area contributed by atoms with Crippen LogP contribution in [-0.4, -0.2) is 26.3 Å². The minimum atomic E-state index is -0.496. The molecule has 0 saturated heterocycles. The summed E-state index contributed by atoms with van der Waals surface area (Å²) in [4.78, 5) is 11.7. The maximum atomic E-state index is 11.7. The lowest BCUT2D eigenvalue weighted by molar-refractivity contribution is 0.0595. The largest absolute Gasteiger partial charge is 0.490 e. The average molecular weight is 332 g/mol. The minimum Gasteiger partial charge on any atom is -0.490 e. The van der Waals surface area contributed by atoms with E-state index in [0.717, 1.165) is 0 Å². The number of hydrogen-bond acceptors (Lipinski definition) is 5. The van der Waals surface area contributed by atoms with E-state index in [-0.39, 0.29) is 13.2 Å². The molecule has 0 aromatic heterocycles.